The standard InChI is InChI=1S/C13H10N2/c1-9-10-4-2-3-5-11(10)12-8-14-7-6-13(12)15-9/h2-8,15H,1H2. The molecule has 0 saturated heterocycles. The van der Waals surface area contributed by atoms with Gasteiger partial charge >= 0.3 is 0 Å². The highest BCUT2D eigenvalue weighted by Crippen LogP contribution is 2.38. The molecule has 1 aromatic carbocycles. The van der Waals surface area contributed by atoms with Gasteiger partial charge in [0, 0.05) is 34.9 Å². The number of nitrogens with one attached hydrogen (secondary N) is 1. The first-order valence-electron chi connectivity index (χ1n) is 4.86. The normalized spacial score (nSPS) is 12.7. The highest BCUT2D eigenvalue weighted by atomic mass is 14.9. The first-order valence-corrected chi connectivity index (χ1v) is 4.86. The number of nitrogens with zero attached hydrogens (tertiary/aromatic N) is 1. The van der Waals surface area contributed by atoms with E-state index in [1.165, 1.54) is 5.56 Å². The Morgan fingerprint density at radius 2 is 1.80 bits per heavy atom. The predicted molar refractivity (Wildman–Crippen MR) is 62.3 cm³/mol. The largest absolute Gasteiger partial charge is 0.355 e. The van der Waals surface area contributed by atoms with Crippen LogP contribution in [0.25, 0.3) is 16.8 Å². The van der Waals surface area contributed by atoms with Gasteiger partial charge in [-0.3, -0.25) is 4.98 Å². The predicted octanol–water partition coefficient (Wildman–Crippen LogP) is 3.14. The van der Waals surface area contributed by atoms with E-state index in [4.69, 9.17) is 0 Å². The molecule has 0 amide bonds. The molecule has 0 bridgehead atoms. The number of aromatic nitrogens is 1. The van der Waals surface area contributed by atoms with Crippen molar-refractivity contribution in [3.8, 4) is 11.1 Å². The molecule has 0 aliphatic carbocycles. The topological polar surface area (TPSA) is 24.9 Å². The number of anilines is 1. The van der Waals surface area contributed by atoms with Gasteiger partial charge in [0.15, 0.2) is 0 Å². The Balaban J connectivity index is 2.34. The third-order valence-electron chi connectivity index (χ3n) is 2.65. The molecule has 2 heterocycles. The Kier molecular flexibility index (Phi) is 1.62. The average Bonchev–Trinajstić information content (AvgIpc) is 2.30. The van der Waals surface area contributed by atoms with Crippen LogP contribution in [0.4, 0.5) is 5.69 Å². The zero-order chi connectivity index (χ0) is 10.3. The van der Waals surface area contributed by atoms with Gasteiger partial charge in [0.2, 0.25) is 0 Å². The summed E-state index contributed by atoms with van der Waals surface area (Å²) in [5.41, 5.74) is 5.51. The highest BCUT2D eigenvalue weighted by molar-refractivity contribution is 5.96. The van der Waals surface area contributed by atoms with E-state index >= 15 is 0 Å². The lowest BCUT2D eigenvalue weighted by molar-refractivity contribution is 1.31. The van der Waals surface area contributed by atoms with Crippen molar-refractivity contribution in [1.29, 1.82) is 0 Å². The van der Waals surface area contributed by atoms with Crippen molar-refractivity contribution in [2.75, 3.05) is 5.32 Å². The molecule has 0 unspecified atom stereocenters. The first-order chi connectivity index (χ1) is 7.36. The molecule has 2 nitrogen and oxygen atoms in total. The van der Waals surface area contributed by atoms with Crippen LogP contribution in [0.15, 0.2) is 49.3 Å². The van der Waals surface area contributed by atoms with E-state index in [2.05, 4.69) is 29.0 Å². The molecular formula is C13H10N2. The van der Waals surface area contributed by atoms with E-state index in [1.54, 1.807) is 6.20 Å². The van der Waals surface area contributed by atoms with E-state index in [0.717, 1.165) is 22.5 Å². The summed E-state index contributed by atoms with van der Waals surface area (Å²) in [7, 11) is 0. The van der Waals surface area contributed by atoms with Crippen LogP contribution >= 0.6 is 0 Å². The molecule has 1 aliphatic heterocycles. The molecule has 0 atom stereocenters. The quantitative estimate of drug-likeness (QED) is 0.696. The summed E-state index contributed by atoms with van der Waals surface area (Å²) in [5, 5.41) is 3.28. The summed E-state index contributed by atoms with van der Waals surface area (Å²) in [4.78, 5) is 4.15. The van der Waals surface area contributed by atoms with Crippen LogP contribution in [0.5, 0.6) is 0 Å². The van der Waals surface area contributed by atoms with Gasteiger partial charge in [-0.2, -0.15) is 0 Å². The van der Waals surface area contributed by atoms with Crippen LogP contribution < -0.4 is 5.32 Å². The van der Waals surface area contributed by atoms with Crippen molar-refractivity contribution in [3.05, 3.63) is 54.9 Å². The average molecular weight is 194 g/mol. The van der Waals surface area contributed by atoms with Crippen molar-refractivity contribution in [1.82, 2.24) is 4.98 Å². The van der Waals surface area contributed by atoms with Crippen molar-refractivity contribution >= 4 is 11.4 Å². The van der Waals surface area contributed by atoms with Crippen molar-refractivity contribution in [2.45, 2.75) is 0 Å². The lowest BCUT2D eigenvalue weighted by Gasteiger charge is -2.22. The molecule has 0 radical (unpaired) electrons. The van der Waals surface area contributed by atoms with Crippen molar-refractivity contribution in [2.24, 2.45) is 0 Å². The lowest BCUT2D eigenvalue weighted by Crippen LogP contribution is -2.06. The molecule has 1 aliphatic rings. The third-order valence-corrected chi connectivity index (χ3v) is 2.65. The molecule has 2 heteroatoms. The molecule has 1 aromatic heterocycles. The summed E-state index contributed by atoms with van der Waals surface area (Å²) < 4.78 is 0. The smallest absolute Gasteiger partial charge is 0.0495 e. The summed E-state index contributed by atoms with van der Waals surface area (Å²) >= 11 is 0. The minimum absolute atomic E-state index is 0.948. The molecule has 2 aromatic rings. The second-order valence-electron chi connectivity index (χ2n) is 3.57. The van der Waals surface area contributed by atoms with Crippen LogP contribution in [-0.2, 0) is 0 Å². The number of pyridine rings is 1. The van der Waals surface area contributed by atoms with Crippen molar-refractivity contribution in [3.63, 3.8) is 0 Å². The van der Waals surface area contributed by atoms with E-state index in [1.807, 2.05) is 24.4 Å². The SMILES string of the molecule is C=C1Nc2ccncc2-c2ccccc21. The number of rotatable bonds is 0. The minimum Gasteiger partial charge on any atom is -0.355 e. The molecule has 0 spiro atoms. The van der Waals surface area contributed by atoms with Crippen molar-refractivity contribution < 1.29 is 0 Å². The zero-order valence-electron chi connectivity index (χ0n) is 8.20. The number of benzene rings is 1. The van der Waals surface area contributed by atoms with Gasteiger partial charge in [0.1, 0.15) is 0 Å². The monoisotopic (exact) mass is 194 g/mol. The second kappa shape index (κ2) is 2.95. The molecule has 1 N–H and O–H groups in total. The maximum atomic E-state index is 4.15. The van der Waals surface area contributed by atoms with Gasteiger partial charge in [-0.1, -0.05) is 30.8 Å². The minimum atomic E-state index is 0.948. The lowest BCUT2D eigenvalue weighted by atomic mass is 9.94. The Bertz CT molecular complexity index is 544. The molecule has 0 fully saturated rings. The number of hydrogen-bond acceptors (Lipinski definition) is 2. The number of fused-ring (bicyclic) bond motifs is 3. The molecule has 72 valence electrons. The summed E-state index contributed by atoms with van der Waals surface area (Å²) in [5.74, 6) is 0. The summed E-state index contributed by atoms with van der Waals surface area (Å²) in [6.45, 7) is 4.02. The molecule has 15 heavy (non-hydrogen) atoms. The Morgan fingerprint density at radius 1 is 1.00 bits per heavy atom. The van der Waals surface area contributed by atoms with E-state index in [0.29, 0.717) is 0 Å². The van der Waals surface area contributed by atoms with Crippen LogP contribution in [-0.4, -0.2) is 4.98 Å². The zero-order valence-corrected chi connectivity index (χ0v) is 8.20. The summed E-state index contributed by atoms with van der Waals surface area (Å²) in [6, 6.07) is 10.2. The van der Waals surface area contributed by atoms with Gasteiger partial charge in [-0.05, 0) is 11.6 Å². The molecule has 0 saturated carbocycles. The third kappa shape index (κ3) is 1.15. The second-order valence-corrected chi connectivity index (χ2v) is 3.57. The Morgan fingerprint density at radius 3 is 2.67 bits per heavy atom. The van der Waals surface area contributed by atoms with E-state index < -0.39 is 0 Å². The molecule has 3 rings (SSSR count). The van der Waals surface area contributed by atoms with E-state index in [9.17, 15) is 0 Å². The number of hydrogen-bond donors (Lipinski definition) is 1. The maximum Gasteiger partial charge on any atom is 0.0495 e. The highest BCUT2D eigenvalue weighted by Gasteiger charge is 2.16. The Labute approximate surface area is 88.3 Å². The fourth-order valence-corrected chi connectivity index (χ4v) is 1.93. The van der Waals surface area contributed by atoms with Crippen LogP contribution in [0.2, 0.25) is 0 Å². The Hall–Kier alpha value is -2.09. The van der Waals surface area contributed by atoms with Gasteiger partial charge < -0.3 is 5.32 Å². The van der Waals surface area contributed by atoms with Gasteiger partial charge in [-0.15, -0.1) is 0 Å². The van der Waals surface area contributed by atoms with Crippen LogP contribution in [0.1, 0.15) is 5.56 Å². The first kappa shape index (κ1) is 8.24. The van der Waals surface area contributed by atoms with Gasteiger partial charge in [-0.25, -0.2) is 0 Å². The molecular weight excluding hydrogens is 184 g/mol. The fourth-order valence-electron chi connectivity index (χ4n) is 1.93. The van der Waals surface area contributed by atoms with Gasteiger partial charge in [0.05, 0.1) is 0 Å². The van der Waals surface area contributed by atoms with E-state index in [-0.39, 0.29) is 0 Å². The fraction of sp³-hybridized carbons (Fsp3) is 0. The van der Waals surface area contributed by atoms with Gasteiger partial charge in [0.25, 0.3) is 0 Å². The summed E-state index contributed by atoms with van der Waals surface area (Å²) in [6.07, 6.45) is 3.67. The van der Waals surface area contributed by atoms with Crippen LogP contribution in [0, 0.1) is 0 Å². The maximum absolute atomic E-state index is 4.15. The van der Waals surface area contributed by atoms with Crippen LogP contribution in [0.3, 0.4) is 0 Å².